The van der Waals surface area contributed by atoms with Gasteiger partial charge in [0.2, 0.25) is 5.91 Å². The molecule has 1 aromatic carbocycles. The molecule has 0 heterocycles. The molecule has 0 saturated heterocycles. The Balaban J connectivity index is 2.67. The fourth-order valence-electron chi connectivity index (χ4n) is 1.53. The van der Waals surface area contributed by atoms with Gasteiger partial charge in [-0.1, -0.05) is 30.3 Å². The summed E-state index contributed by atoms with van der Waals surface area (Å²) in [5, 5.41) is 11.4. The number of rotatable bonds is 6. The number of hydrogen-bond donors (Lipinski definition) is 2. The molecule has 0 unspecified atom stereocenters. The molecule has 0 spiro atoms. The van der Waals surface area contributed by atoms with Crippen LogP contribution in [-0.4, -0.2) is 29.4 Å². The lowest BCUT2D eigenvalue weighted by Crippen LogP contribution is -2.30. The molecule has 0 fully saturated rings. The quantitative estimate of drug-likeness (QED) is 0.759. The van der Waals surface area contributed by atoms with Gasteiger partial charge in [-0.25, -0.2) is 0 Å². The second-order valence-electron chi connectivity index (χ2n) is 3.64. The molecule has 5 heteroatoms. The van der Waals surface area contributed by atoms with Crippen LogP contribution < -0.4 is 5.32 Å². The Morgan fingerprint density at radius 2 is 1.94 bits per heavy atom. The van der Waals surface area contributed by atoms with Gasteiger partial charge in [-0.05, 0) is 5.56 Å². The average molecular weight is 256 g/mol. The van der Waals surface area contributed by atoms with E-state index in [9.17, 15) is 9.59 Å². The molecule has 2 N–H and O–H groups in total. The molecule has 1 aromatic rings. The Bertz CT molecular complexity index is 381. The predicted octanol–water partition coefficient (Wildman–Crippen LogP) is 1.60. The van der Waals surface area contributed by atoms with E-state index in [-0.39, 0.29) is 30.7 Å². The number of aliphatic carboxylic acids is 1. The van der Waals surface area contributed by atoms with Crippen molar-refractivity contribution >= 4 is 23.5 Å². The molecular weight excluding hydrogens is 242 g/mol. The first-order valence-corrected chi connectivity index (χ1v) is 5.76. The van der Waals surface area contributed by atoms with Crippen LogP contribution >= 0.6 is 11.6 Å². The highest BCUT2D eigenvalue weighted by Gasteiger charge is 2.16. The van der Waals surface area contributed by atoms with Crippen LogP contribution in [-0.2, 0) is 9.59 Å². The van der Waals surface area contributed by atoms with Gasteiger partial charge in [0, 0.05) is 12.5 Å². The molecule has 0 saturated carbocycles. The van der Waals surface area contributed by atoms with E-state index in [2.05, 4.69) is 5.32 Å². The molecule has 0 aliphatic rings. The van der Waals surface area contributed by atoms with E-state index in [4.69, 9.17) is 16.7 Å². The molecule has 1 rings (SSSR count). The molecule has 0 radical (unpaired) electrons. The highest BCUT2D eigenvalue weighted by molar-refractivity contribution is 6.27. The number of nitrogens with one attached hydrogen (secondary N) is 1. The third-order valence-corrected chi connectivity index (χ3v) is 2.60. The van der Waals surface area contributed by atoms with Gasteiger partial charge < -0.3 is 10.4 Å². The second kappa shape index (κ2) is 6.91. The van der Waals surface area contributed by atoms with E-state index in [0.29, 0.717) is 0 Å². The zero-order valence-electron chi connectivity index (χ0n) is 9.23. The minimum atomic E-state index is -0.890. The van der Waals surface area contributed by atoms with Crippen LogP contribution in [0.15, 0.2) is 30.3 Å². The first-order chi connectivity index (χ1) is 8.13. The van der Waals surface area contributed by atoms with E-state index < -0.39 is 5.97 Å². The second-order valence-corrected chi connectivity index (χ2v) is 3.91. The van der Waals surface area contributed by atoms with Crippen molar-refractivity contribution in [2.45, 2.75) is 12.3 Å². The molecule has 4 nitrogen and oxygen atoms in total. The first kappa shape index (κ1) is 13.5. The number of carboxylic acids is 1. The molecule has 0 aromatic heterocycles. The number of amides is 1. The molecule has 17 heavy (non-hydrogen) atoms. The lowest BCUT2D eigenvalue weighted by atomic mass is 9.96. The van der Waals surface area contributed by atoms with Crippen molar-refractivity contribution in [3.05, 3.63) is 35.9 Å². The van der Waals surface area contributed by atoms with Crippen LogP contribution in [0.5, 0.6) is 0 Å². The summed E-state index contributed by atoms with van der Waals surface area (Å²) in [7, 11) is 0. The summed E-state index contributed by atoms with van der Waals surface area (Å²) in [5.41, 5.74) is 0.893. The number of benzene rings is 1. The molecular formula is C12H14ClNO3. The largest absolute Gasteiger partial charge is 0.481 e. The zero-order valence-corrected chi connectivity index (χ0v) is 9.98. The van der Waals surface area contributed by atoms with Gasteiger partial charge in [-0.2, -0.15) is 0 Å². The summed E-state index contributed by atoms with van der Waals surface area (Å²) in [6, 6.07) is 9.24. The maximum absolute atomic E-state index is 11.0. The third kappa shape index (κ3) is 4.87. The maximum atomic E-state index is 11.0. The standard InChI is InChI=1S/C12H14ClNO3/c13-7-11(15)14-8-10(6-12(16)17)9-4-2-1-3-5-9/h1-5,10H,6-8H2,(H,14,15)(H,16,17)/t10-/m1/s1. The van der Waals surface area contributed by atoms with Crippen LogP contribution in [0.4, 0.5) is 0 Å². The summed E-state index contributed by atoms with van der Waals surface area (Å²) in [6.07, 6.45) is -0.0213. The Hall–Kier alpha value is -1.55. The van der Waals surface area contributed by atoms with Crippen molar-refractivity contribution in [1.82, 2.24) is 5.32 Å². The van der Waals surface area contributed by atoms with Gasteiger partial charge >= 0.3 is 5.97 Å². The SMILES string of the molecule is O=C(O)C[C@H](CNC(=O)CCl)c1ccccc1. The molecule has 0 aliphatic heterocycles. The van der Waals surface area contributed by atoms with Gasteiger partial charge in [0.1, 0.15) is 5.88 Å². The maximum Gasteiger partial charge on any atom is 0.304 e. The van der Waals surface area contributed by atoms with Crippen molar-refractivity contribution in [1.29, 1.82) is 0 Å². The fourth-order valence-corrected chi connectivity index (χ4v) is 1.62. The lowest BCUT2D eigenvalue weighted by Gasteiger charge is -2.15. The monoisotopic (exact) mass is 255 g/mol. The minimum absolute atomic E-state index is 0.0213. The highest BCUT2D eigenvalue weighted by atomic mass is 35.5. The third-order valence-electron chi connectivity index (χ3n) is 2.36. The topological polar surface area (TPSA) is 66.4 Å². The normalized spacial score (nSPS) is 11.8. The smallest absolute Gasteiger partial charge is 0.304 e. The zero-order chi connectivity index (χ0) is 12.7. The van der Waals surface area contributed by atoms with E-state index >= 15 is 0 Å². The molecule has 1 amide bonds. The van der Waals surface area contributed by atoms with Crippen LogP contribution in [0.3, 0.4) is 0 Å². The van der Waals surface area contributed by atoms with Crippen LogP contribution in [0, 0.1) is 0 Å². The summed E-state index contributed by atoms with van der Waals surface area (Å²) >= 11 is 5.36. The Kier molecular flexibility index (Phi) is 5.49. The summed E-state index contributed by atoms with van der Waals surface area (Å²) in [4.78, 5) is 21.8. The van der Waals surface area contributed by atoms with Gasteiger partial charge in [0.25, 0.3) is 0 Å². The minimum Gasteiger partial charge on any atom is -0.481 e. The Morgan fingerprint density at radius 1 is 1.29 bits per heavy atom. The summed E-state index contributed by atoms with van der Waals surface area (Å²) in [6.45, 7) is 0.280. The van der Waals surface area contributed by atoms with Gasteiger partial charge in [-0.15, -0.1) is 11.6 Å². The molecule has 0 aliphatic carbocycles. The van der Waals surface area contributed by atoms with E-state index in [1.165, 1.54) is 0 Å². The number of halogens is 1. The van der Waals surface area contributed by atoms with Crippen LogP contribution in [0.25, 0.3) is 0 Å². The van der Waals surface area contributed by atoms with Gasteiger partial charge in [0.15, 0.2) is 0 Å². The molecule has 0 bridgehead atoms. The van der Waals surface area contributed by atoms with E-state index in [0.717, 1.165) is 5.56 Å². The van der Waals surface area contributed by atoms with Crippen molar-refractivity contribution in [2.75, 3.05) is 12.4 Å². The van der Waals surface area contributed by atoms with Crippen molar-refractivity contribution in [2.24, 2.45) is 0 Å². The van der Waals surface area contributed by atoms with E-state index in [1.807, 2.05) is 30.3 Å². The first-order valence-electron chi connectivity index (χ1n) is 5.23. The Labute approximate surface area is 105 Å². The van der Waals surface area contributed by atoms with E-state index in [1.54, 1.807) is 0 Å². The summed E-state index contributed by atoms with van der Waals surface area (Å²) < 4.78 is 0. The van der Waals surface area contributed by atoms with Crippen LogP contribution in [0.2, 0.25) is 0 Å². The van der Waals surface area contributed by atoms with Crippen LogP contribution in [0.1, 0.15) is 17.9 Å². The highest BCUT2D eigenvalue weighted by Crippen LogP contribution is 2.18. The van der Waals surface area contributed by atoms with Crippen molar-refractivity contribution in [3.63, 3.8) is 0 Å². The number of hydrogen-bond acceptors (Lipinski definition) is 2. The molecule has 92 valence electrons. The Morgan fingerprint density at radius 3 is 2.47 bits per heavy atom. The number of carbonyl (C=O) groups is 2. The predicted molar refractivity (Wildman–Crippen MR) is 65.2 cm³/mol. The van der Waals surface area contributed by atoms with Gasteiger partial charge in [-0.3, -0.25) is 9.59 Å². The fraction of sp³-hybridized carbons (Fsp3) is 0.333. The number of alkyl halides is 1. The number of carboxylic acid groups (broad SMARTS) is 1. The number of carbonyl (C=O) groups excluding carboxylic acids is 1. The lowest BCUT2D eigenvalue weighted by molar-refractivity contribution is -0.137. The van der Waals surface area contributed by atoms with Gasteiger partial charge in [0.05, 0.1) is 6.42 Å². The average Bonchev–Trinajstić information content (AvgIpc) is 2.34. The summed E-state index contributed by atoms with van der Waals surface area (Å²) in [5.74, 6) is -1.54. The van der Waals surface area contributed by atoms with Crippen molar-refractivity contribution < 1.29 is 14.7 Å². The van der Waals surface area contributed by atoms with Crippen molar-refractivity contribution in [3.8, 4) is 0 Å². The molecule has 1 atom stereocenters.